The highest BCUT2D eigenvalue weighted by molar-refractivity contribution is 6.31. The zero-order valence-electron chi connectivity index (χ0n) is 9.74. The molecule has 98 valence electrons. The molecule has 2 unspecified atom stereocenters. The van der Waals surface area contributed by atoms with Crippen LogP contribution in [-0.2, 0) is 4.79 Å². The van der Waals surface area contributed by atoms with E-state index < -0.39 is 23.7 Å². The third kappa shape index (κ3) is 2.28. The van der Waals surface area contributed by atoms with E-state index in [0.29, 0.717) is 13.0 Å². The molecule has 1 aromatic carbocycles. The van der Waals surface area contributed by atoms with E-state index in [1.165, 1.54) is 13.2 Å². The van der Waals surface area contributed by atoms with Crippen molar-refractivity contribution in [2.75, 3.05) is 13.7 Å². The number of carboxylic acids is 1. The number of halogens is 2. The van der Waals surface area contributed by atoms with E-state index in [4.69, 9.17) is 21.4 Å². The monoisotopic (exact) mass is 273 g/mol. The van der Waals surface area contributed by atoms with Gasteiger partial charge < -0.3 is 15.2 Å². The Hall–Kier alpha value is -1.33. The number of benzene rings is 1. The first-order chi connectivity index (χ1) is 8.54. The van der Waals surface area contributed by atoms with Gasteiger partial charge in [0.05, 0.1) is 13.0 Å². The number of ether oxygens (including phenoxy) is 1. The number of methoxy groups -OCH3 is 1. The summed E-state index contributed by atoms with van der Waals surface area (Å²) in [7, 11) is 1.37. The molecule has 1 fully saturated rings. The van der Waals surface area contributed by atoms with E-state index in [2.05, 4.69) is 5.32 Å². The van der Waals surface area contributed by atoms with Crippen LogP contribution in [-0.4, -0.2) is 24.7 Å². The van der Waals surface area contributed by atoms with Crippen molar-refractivity contribution in [1.82, 2.24) is 5.32 Å². The number of hydrogen-bond acceptors (Lipinski definition) is 3. The Labute approximate surface area is 109 Å². The van der Waals surface area contributed by atoms with Crippen LogP contribution >= 0.6 is 11.6 Å². The molecule has 0 radical (unpaired) electrons. The number of carboxylic acid groups (broad SMARTS) is 1. The predicted molar refractivity (Wildman–Crippen MR) is 64.4 cm³/mol. The number of nitrogens with one attached hydrogen (secondary N) is 1. The fraction of sp³-hybridized carbons (Fsp3) is 0.417. The van der Waals surface area contributed by atoms with Gasteiger partial charge in [-0.2, -0.15) is 0 Å². The average Bonchev–Trinajstić information content (AvgIpc) is 2.79. The quantitative estimate of drug-likeness (QED) is 0.887. The molecule has 2 N–H and O–H groups in total. The van der Waals surface area contributed by atoms with Gasteiger partial charge >= 0.3 is 5.97 Å². The van der Waals surface area contributed by atoms with Gasteiger partial charge in [0, 0.05) is 23.2 Å². The van der Waals surface area contributed by atoms with Crippen LogP contribution < -0.4 is 10.1 Å². The zero-order chi connectivity index (χ0) is 13.3. The normalized spacial score (nSPS) is 23.1. The maximum Gasteiger partial charge on any atom is 0.307 e. The number of rotatable bonds is 3. The molecule has 6 heteroatoms. The van der Waals surface area contributed by atoms with Crippen molar-refractivity contribution in [3.63, 3.8) is 0 Å². The summed E-state index contributed by atoms with van der Waals surface area (Å²) in [6.45, 7) is 0.312. The molecule has 0 aromatic heterocycles. The molecule has 4 nitrogen and oxygen atoms in total. The van der Waals surface area contributed by atoms with Crippen LogP contribution in [0.1, 0.15) is 18.0 Å². The summed E-state index contributed by atoms with van der Waals surface area (Å²) in [6, 6.07) is 2.60. The van der Waals surface area contributed by atoms with Gasteiger partial charge in [-0.25, -0.2) is 4.39 Å². The maximum atomic E-state index is 14.1. The van der Waals surface area contributed by atoms with Crippen LogP contribution in [0.4, 0.5) is 4.39 Å². The molecule has 0 aliphatic carbocycles. The molecule has 18 heavy (non-hydrogen) atoms. The Kier molecular flexibility index (Phi) is 3.73. The summed E-state index contributed by atoms with van der Waals surface area (Å²) in [4.78, 5) is 10.9. The molecule has 1 aliphatic heterocycles. The van der Waals surface area contributed by atoms with Crippen molar-refractivity contribution in [2.45, 2.75) is 12.5 Å². The van der Waals surface area contributed by atoms with Gasteiger partial charge in [0.2, 0.25) is 0 Å². The highest BCUT2D eigenvalue weighted by Crippen LogP contribution is 2.36. The van der Waals surface area contributed by atoms with Gasteiger partial charge in [-0.3, -0.25) is 4.79 Å². The summed E-state index contributed by atoms with van der Waals surface area (Å²) in [5, 5.41) is 12.2. The number of carbonyl (C=O) groups is 1. The van der Waals surface area contributed by atoms with Gasteiger partial charge in [0.1, 0.15) is 0 Å². The predicted octanol–water partition coefficient (Wildman–Crippen LogP) is 2.22. The Morgan fingerprint density at radius 2 is 2.33 bits per heavy atom. The fourth-order valence-electron chi connectivity index (χ4n) is 2.17. The molecular formula is C12H13ClFNO3. The molecule has 1 aromatic rings. The average molecular weight is 274 g/mol. The fourth-order valence-corrected chi connectivity index (χ4v) is 2.45. The van der Waals surface area contributed by atoms with Crippen molar-refractivity contribution in [2.24, 2.45) is 5.92 Å². The SMILES string of the molecule is COc1ccc(Cl)c(C2CC(C(=O)O)CN2)c1F. The molecule has 1 heterocycles. The zero-order valence-corrected chi connectivity index (χ0v) is 10.5. The van der Waals surface area contributed by atoms with Crippen molar-refractivity contribution in [1.29, 1.82) is 0 Å². The second-order valence-electron chi connectivity index (χ2n) is 4.21. The van der Waals surface area contributed by atoms with Crippen molar-refractivity contribution in [3.8, 4) is 5.75 Å². The van der Waals surface area contributed by atoms with Crippen LogP contribution in [0.2, 0.25) is 5.02 Å². The number of aliphatic carboxylic acids is 1. The van der Waals surface area contributed by atoms with Crippen LogP contribution in [0, 0.1) is 11.7 Å². The Morgan fingerprint density at radius 1 is 1.61 bits per heavy atom. The van der Waals surface area contributed by atoms with E-state index in [1.807, 2.05) is 0 Å². The topological polar surface area (TPSA) is 58.6 Å². The third-order valence-electron chi connectivity index (χ3n) is 3.14. The highest BCUT2D eigenvalue weighted by Gasteiger charge is 2.33. The van der Waals surface area contributed by atoms with Crippen LogP contribution in [0.3, 0.4) is 0 Å². The molecule has 0 spiro atoms. The van der Waals surface area contributed by atoms with Crippen LogP contribution in [0.5, 0.6) is 5.75 Å². The lowest BCUT2D eigenvalue weighted by molar-refractivity contribution is -0.141. The van der Waals surface area contributed by atoms with E-state index in [0.717, 1.165) is 0 Å². The van der Waals surface area contributed by atoms with Gasteiger partial charge in [-0.1, -0.05) is 11.6 Å². The lowest BCUT2D eigenvalue weighted by atomic mass is 9.99. The van der Waals surface area contributed by atoms with Crippen molar-refractivity contribution < 1.29 is 19.0 Å². The summed E-state index contributed by atoms with van der Waals surface area (Å²) < 4.78 is 19.0. The molecule has 1 aliphatic rings. The van der Waals surface area contributed by atoms with Gasteiger partial charge in [-0.15, -0.1) is 0 Å². The molecule has 2 atom stereocenters. The first-order valence-corrected chi connectivity index (χ1v) is 5.90. The minimum atomic E-state index is -0.885. The third-order valence-corrected chi connectivity index (χ3v) is 3.47. The van der Waals surface area contributed by atoms with Crippen LogP contribution in [0.25, 0.3) is 0 Å². The molecule has 1 saturated heterocycles. The second-order valence-corrected chi connectivity index (χ2v) is 4.62. The summed E-state index contributed by atoms with van der Waals surface area (Å²) in [6.07, 6.45) is 0.319. The minimum absolute atomic E-state index is 0.106. The smallest absolute Gasteiger partial charge is 0.307 e. The van der Waals surface area contributed by atoms with Gasteiger partial charge in [0.15, 0.2) is 11.6 Å². The first kappa shape index (κ1) is 13.1. The molecular weight excluding hydrogens is 261 g/mol. The van der Waals surface area contributed by atoms with Crippen molar-refractivity contribution in [3.05, 3.63) is 28.5 Å². The molecule has 0 bridgehead atoms. The Morgan fingerprint density at radius 3 is 2.89 bits per heavy atom. The van der Waals surface area contributed by atoms with Gasteiger partial charge in [-0.05, 0) is 18.6 Å². The molecule has 0 amide bonds. The first-order valence-electron chi connectivity index (χ1n) is 5.52. The van der Waals surface area contributed by atoms with E-state index in [1.54, 1.807) is 6.07 Å². The summed E-state index contributed by atoms with van der Waals surface area (Å²) in [5.74, 6) is -1.83. The van der Waals surface area contributed by atoms with Crippen LogP contribution in [0.15, 0.2) is 12.1 Å². The largest absolute Gasteiger partial charge is 0.494 e. The molecule has 0 saturated carbocycles. The lowest BCUT2D eigenvalue weighted by Gasteiger charge is -2.15. The Balaban J connectivity index is 2.32. The van der Waals surface area contributed by atoms with Crippen molar-refractivity contribution >= 4 is 17.6 Å². The highest BCUT2D eigenvalue weighted by atomic mass is 35.5. The number of hydrogen-bond donors (Lipinski definition) is 2. The van der Waals surface area contributed by atoms with E-state index in [9.17, 15) is 9.18 Å². The second kappa shape index (κ2) is 5.12. The minimum Gasteiger partial charge on any atom is -0.494 e. The maximum absolute atomic E-state index is 14.1. The molecule has 2 rings (SSSR count). The van der Waals surface area contributed by atoms with E-state index in [-0.39, 0.29) is 16.3 Å². The van der Waals surface area contributed by atoms with Gasteiger partial charge in [0.25, 0.3) is 0 Å². The lowest BCUT2D eigenvalue weighted by Crippen LogP contribution is -2.18. The van der Waals surface area contributed by atoms with E-state index >= 15 is 0 Å². The standard InChI is InChI=1S/C12H13ClFNO3/c1-18-9-3-2-7(13)10(11(9)14)8-4-6(5-15-8)12(16)17/h2-3,6,8,15H,4-5H2,1H3,(H,16,17). The Bertz CT molecular complexity index is 481. The summed E-state index contributed by atoms with van der Waals surface area (Å²) in [5.41, 5.74) is 0.278. The summed E-state index contributed by atoms with van der Waals surface area (Å²) >= 11 is 5.98.